The summed E-state index contributed by atoms with van der Waals surface area (Å²) in [5.41, 5.74) is -0.728. The number of hydrogen-bond donors (Lipinski definition) is 2. The van der Waals surface area contributed by atoms with Crippen LogP contribution in [0.3, 0.4) is 0 Å². The smallest absolute Gasteiger partial charge is 0.313 e. The molecule has 2 aromatic rings. The van der Waals surface area contributed by atoms with Crippen molar-refractivity contribution in [2.24, 2.45) is 0 Å². The first-order valence-corrected chi connectivity index (χ1v) is 8.10. The number of H-pyrrole nitrogens is 2. The SMILES string of the molecule is CCN(CCc1ccncc1)S(=O)(=O)c1c[nH]c(=O)[nH]c1=O. The molecule has 0 spiro atoms. The summed E-state index contributed by atoms with van der Waals surface area (Å²) in [7, 11) is -3.96. The summed E-state index contributed by atoms with van der Waals surface area (Å²) < 4.78 is 26.2. The molecule has 8 nitrogen and oxygen atoms in total. The molecule has 0 aliphatic rings. The zero-order valence-corrected chi connectivity index (χ0v) is 12.8. The van der Waals surface area contributed by atoms with Crippen LogP contribution in [0.5, 0.6) is 0 Å². The van der Waals surface area contributed by atoms with Gasteiger partial charge in [0.05, 0.1) is 0 Å². The van der Waals surface area contributed by atoms with E-state index >= 15 is 0 Å². The van der Waals surface area contributed by atoms with Crippen molar-refractivity contribution in [1.29, 1.82) is 0 Å². The molecule has 0 fully saturated rings. The van der Waals surface area contributed by atoms with Gasteiger partial charge in [-0.25, -0.2) is 13.2 Å². The minimum absolute atomic E-state index is 0.214. The molecule has 22 heavy (non-hydrogen) atoms. The van der Waals surface area contributed by atoms with Crippen molar-refractivity contribution < 1.29 is 8.42 Å². The van der Waals surface area contributed by atoms with E-state index in [9.17, 15) is 18.0 Å². The number of rotatable bonds is 6. The Hall–Kier alpha value is -2.26. The number of nitrogens with zero attached hydrogens (tertiary/aromatic N) is 2. The lowest BCUT2D eigenvalue weighted by molar-refractivity contribution is 0.430. The van der Waals surface area contributed by atoms with Crippen molar-refractivity contribution in [3.8, 4) is 0 Å². The van der Waals surface area contributed by atoms with E-state index in [1.807, 2.05) is 4.98 Å². The van der Waals surface area contributed by atoms with Crippen LogP contribution in [0.15, 0.2) is 45.2 Å². The second-order valence-corrected chi connectivity index (χ2v) is 6.44. The highest BCUT2D eigenvalue weighted by Crippen LogP contribution is 2.11. The maximum Gasteiger partial charge on any atom is 0.325 e. The van der Waals surface area contributed by atoms with Gasteiger partial charge >= 0.3 is 5.69 Å². The molecule has 0 saturated carbocycles. The predicted octanol–water partition coefficient (Wildman–Crippen LogP) is -0.288. The molecular weight excluding hydrogens is 308 g/mol. The second-order valence-electron chi connectivity index (χ2n) is 4.54. The first kappa shape index (κ1) is 16.1. The Morgan fingerprint density at radius 3 is 2.50 bits per heavy atom. The number of aromatic amines is 2. The molecule has 0 aromatic carbocycles. The molecule has 2 rings (SSSR count). The van der Waals surface area contributed by atoms with Crippen LogP contribution in [0.25, 0.3) is 0 Å². The standard InChI is InChI=1S/C13H16N4O4S/c1-2-17(8-5-10-3-6-14-7-4-10)22(20,21)11-9-15-13(19)16-12(11)18/h3-4,6-7,9H,2,5,8H2,1H3,(H2,15,16,18,19). The van der Waals surface area contributed by atoms with Crippen LogP contribution in [0, 0.1) is 0 Å². The van der Waals surface area contributed by atoms with Crippen molar-refractivity contribution >= 4 is 10.0 Å². The van der Waals surface area contributed by atoms with Crippen LogP contribution >= 0.6 is 0 Å². The Balaban J connectivity index is 2.25. The lowest BCUT2D eigenvalue weighted by atomic mass is 10.2. The Kier molecular flexibility index (Phi) is 4.88. The van der Waals surface area contributed by atoms with Crippen LogP contribution in [0.4, 0.5) is 0 Å². The number of likely N-dealkylation sites (N-methyl/N-ethyl adjacent to an activating group) is 1. The normalized spacial score (nSPS) is 11.7. The Morgan fingerprint density at radius 1 is 1.23 bits per heavy atom. The van der Waals surface area contributed by atoms with Gasteiger partial charge in [0.2, 0.25) is 10.0 Å². The molecule has 9 heteroatoms. The van der Waals surface area contributed by atoms with Crippen molar-refractivity contribution in [2.45, 2.75) is 18.2 Å². The first-order valence-electron chi connectivity index (χ1n) is 6.66. The van der Waals surface area contributed by atoms with E-state index in [1.54, 1.807) is 31.5 Å². The van der Waals surface area contributed by atoms with Gasteiger partial charge < -0.3 is 4.98 Å². The second kappa shape index (κ2) is 6.67. The minimum Gasteiger partial charge on any atom is -0.313 e. The molecule has 2 heterocycles. The Morgan fingerprint density at radius 2 is 1.91 bits per heavy atom. The first-order chi connectivity index (χ1) is 10.4. The average Bonchev–Trinajstić information content (AvgIpc) is 2.48. The summed E-state index contributed by atoms with van der Waals surface area (Å²) in [6, 6.07) is 3.60. The number of aromatic nitrogens is 3. The summed E-state index contributed by atoms with van der Waals surface area (Å²) in [5, 5.41) is 0. The van der Waals surface area contributed by atoms with Gasteiger partial charge in [-0.2, -0.15) is 4.31 Å². The fraction of sp³-hybridized carbons (Fsp3) is 0.308. The highest BCUT2D eigenvalue weighted by Gasteiger charge is 2.26. The van der Waals surface area contributed by atoms with Gasteiger partial charge in [0.1, 0.15) is 0 Å². The molecule has 0 saturated heterocycles. The Labute approximate surface area is 126 Å². The number of sulfonamides is 1. The molecule has 0 unspecified atom stereocenters. The predicted molar refractivity (Wildman–Crippen MR) is 80.1 cm³/mol. The van der Waals surface area contributed by atoms with E-state index in [4.69, 9.17) is 0 Å². The van der Waals surface area contributed by atoms with E-state index in [0.29, 0.717) is 6.42 Å². The topological polar surface area (TPSA) is 116 Å². The largest absolute Gasteiger partial charge is 0.325 e. The molecule has 0 atom stereocenters. The van der Waals surface area contributed by atoms with Crippen molar-refractivity contribution in [1.82, 2.24) is 19.3 Å². The quantitative estimate of drug-likeness (QED) is 0.757. The van der Waals surface area contributed by atoms with E-state index in [0.717, 1.165) is 11.8 Å². The summed E-state index contributed by atoms with van der Waals surface area (Å²) in [4.78, 5) is 30.2. The van der Waals surface area contributed by atoms with E-state index in [2.05, 4.69) is 9.97 Å². The maximum atomic E-state index is 12.5. The van der Waals surface area contributed by atoms with Gasteiger partial charge in [0, 0.05) is 31.7 Å². The molecule has 2 N–H and O–H groups in total. The Bertz CT molecular complexity index is 842. The molecule has 118 valence electrons. The van der Waals surface area contributed by atoms with Gasteiger partial charge in [-0.1, -0.05) is 6.92 Å². The maximum absolute atomic E-state index is 12.5. The van der Waals surface area contributed by atoms with Gasteiger partial charge in [-0.05, 0) is 24.1 Å². The molecule has 0 radical (unpaired) electrons. The van der Waals surface area contributed by atoms with Crippen molar-refractivity contribution in [2.75, 3.05) is 13.1 Å². The number of pyridine rings is 1. The summed E-state index contributed by atoms with van der Waals surface area (Å²) >= 11 is 0. The van der Waals surface area contributed by atoms with Gasteiger partial charge in [-0.3, -0.25) is 14.8 Å². The number of nitrogens with one attached hydrogen (secondary N) is 2. The third kappa shape index (κ3) is 3.49. The van der Waals surface area contributed by atoms with E-state index < -0.39 is 26.2 Å². The molecule has 0 aliphatic heterocycles. The number of hydrogen-bond acceptors (Lipinski definition) is 5. The molecule has 0 aliphatic carbocycles. The molecule has 2 aromatic heterocycles. The van der Waals surface area contributed by atoms with E-state index in [-0.39, 0.29) is 13.1 Å². The highest BCUT2D eigenvalue weighted by molar-refractivity contribution is 7.89. The van der Waals surface area contributed by atoms with Crippen LogP contribution in [-0.2, 0) is 16.4 Å². The molecule has 0 amide bonds. The van der Waals surface area contributed by atoms with Crippen LogP contribution in [-0.4, -0.2) is 40.8 Å². The minimum atomic E-state index is -3.96. The van der Waals surface area contributed by atoms with Crippen LogP contribution in [0.2, 0.25) is 0 Å². The lowest BCUT2D eigenvalue weighted by Gasteiger charge is -2.19. The van der Waals surface area contributed by atoms with Crippen molar-refractivity contribution in [3.63, 3.8) is 0 Å². The monoisotopic (exact) mass is 324 g/mol. The zero-order chi connectivity index (χ0) is 16.2. The van der Waals surface area contributed by atoms with Gasteiger partial charge in [0.15, 0.2) is 4.90 Å². The van der Waals surface area contributed by atoms with Crippen LogP contribution < -0.4 is 11.2 Å². The summed E-state index contributed by atoms with van der Waals surface area (Å²) in [6.07, 6.45) is 4.68. The highest BCUT2D eigenvalue weighted by atomic mass is 32.2. The average molecular weight is 324 g/mol. The summed E-state index contributed by atoms with van der Waals surface area (Å²) in [5.74, 6) is 0. The zero-order valence-electron chi connectivity index (χ0n) is 11.9. The third-order valence-electron chi connectivity index (χ3n) is 3.15. The van der Waals surface area contributed by atoms with E-state index in [1.165, 1.54) is 4.31 Å². The molecular formula is C13H16N4O4S. The molecule has 0 bridgehead atoms. The van der Waals surface area contributed by atoms with Crippen molar-refractivity contribution in [3.05, 3.63) is 57.1 Å². The summed E-state index contributed by atoms with van der Waals surface area (Å²) in [6.45, 7) is 2.12. The third-order valence-corrected chi connectivity index (χ3v) is 5.13. The van der Waals surface area contributed by atoms with Gasteiger partial charge in [0.25, 0.3) is 5.56 Å². The van der Waals surface area contributed by atoms with Gasteiger partial charge in [-0.15, -0.1) is 0 Å². The fourth-order valence-corrected chi connectivity index (χ4v) is 3.42. The van der Waals surface area contributed by atoms with Crippen LogP contribution in [0.1, 0.15) is 12.5 Å². The lowest BCUT2D eigenvalue weighted by Crippen LogP contribution is -2.37. The fourth-order valence-electron chi connectivity index (χ4n) is 1.98.